The number of amides is 1. The third-order valence-electron chi connectivity index (χ3n) is 7.25. The van der Waals surface area contributed by atoms with Crippen LogP contribution in [-0.4, -0.2) is 65.6 Å². The molecule has 0 radical (unpaired) electrons. The molecule has 0 aromatic carbocycles. The number of hydrogen-bond acceptors (Lipinski definition) is 6. The van der Waals surface area contributed by atoms with E-state index in [2.05, 4.69) is 35.0 Å². The van der Waals surface area contributed by atoms with E-state index < -0.39 is 23.9 Å². The lowest BCUT2D eigenvalue weighted by atomic mass is 9.73. The number of nitrogens with one attached hydrogen (secondary N) is 3. The second kappa shape index (κ2) is 8.53. The number of nitrogens with zero attached hydrogens (tertiary/aromatic N) is 2. The Bertz CT molecular complexity index is 609. The number of thioether (sulfide) groups is 1. The zero-order valence-corrected chi connectivity index (χ0v) is 17.9. The van der Waals surface area contributed by atoms with Crippen molar-refractivity contribution in [3.8, 4) is 0 Å². The normalized spacial score (nSPS) is 40.3. The Morgan fingerprint density at radius 1 is 1.24 bits per heavy atom. The van der Waals surface area contributed by atoms with E-state index in [0.29, 0.717) is 24.0 Å². The summed E-state index contributed by atoms with van der Waals surface area (Å²) in [6.45, 7) is 4.06. The largest absolute Gasteiger partial charge is 0.392 e. The van der Waals surface area contributed by atoms with E-state index in [4.69, 9.17) is 0 Å². The van der Waals surface area contributed by atoms with Crippen LogP contribution in [0.25, 0.3) is 0 Å². The van der Waals surface area contributed by atoms with E-state index in [0.717, 1.165) is 26.1 Å². The van der Waals surface area contributed by atoms with Gasteiger partial charge in [0.05, 0.1) is 18.8 Å². The Morgan fingerprint density at radius 2 is 2.03 bits per heavy atom. The maximum absolute atomic E-state index is 13.5. The third-order valence-corrected chi connectivity index (χ3v) is 8.80. The first-order valence-electron chi connectivity index (χ1n) is 10.7. The van der Waals surface area contributed by atoms with Crippen molar-refractivity contribution in [1.82, 2.24) is 26.0 Å². The van der Waals surface area contributed by atoms with Gasteiger partial charge in [-0.05, 0) is 51.1 Å². The highest BCUT2D eigenvalue weighted by atomic mass is 32.2. The van der Waals surface area contributed by atoms with Crippen LogP contribution in [0.15, 0.2) is 0 Å². The molecule has 0 aromatic rings. The summed E-state index contributed by atoms with van der Waals surface area (Å²) in [4.78, 5) is 16.9. The Morgan fingerprint density at radius 3 is 2.72 bits per heavy atom. The van der Waals surface area contributed by atoms with Gasteiger partial charge in [-0.2, -0.15) is 13.2 Å². The van der Waals surface area contributed by atoms with Gasteiger partial charge < -0.3 is 4.90 Å². The third kappa shape index (κ3) is 4.42. The van der Waals surface area contributed by atoms with Gasteiger partial charge in [-0.25, -0.2) is 10.9 Å². The van der Waals surface area contributed by atoms with Crippen LogP contribution in [0, 0.1) is 23.7 Å². The maximum Gasteiger partial charge on any atom is 0.392 e. The average molecular weight is 436 g/mol. The molecule has 3 N–H and O–H groups in total. The summed E-state index contributed by atoms with van der Waals surface area (Å²) in [5, 5.41) is 3.81. The lowest BCUT2D eigenvalue weighted by molar-refractivity contribution is -0.198. The SMILES string of the molecule is C[C@@H](SC1NNCN1C)C1CCNC(N2CC3C(CCCC3C(F)(F)F)C2=O)C1. The monoisotopic (exact) mass is 435 g/mol. The van der Waals surface area contributed by atoms with E-state index in [1.165, 1.54) is 0 Å². The molecule has 1 aliphatic carbocycles. The highest BCUT2D eigenvalue weighted by molar-refractivity contribution is 8.00. The molecule has 6 unspecified atom stereocenters. The van der Waals surface area contributed by atoms with E-state index in [1.807, 2.05) is 11.8 Å². The molecule has 7 atom stereocenters. The Balaban J connectivity index is 1.40. The van der Waals surface area contributed by atoms with Crippen molar-refractivity contribution in [3.63, 3.8) is 0 Å². The van der Waals surface area contributed by atoms with Crippen LogP contribution in [0.5, 0.6) is 0 Å². The number of piperidine rings is 1. The zero-order chi connectivity index (χ0) is 20.8. The number of likely N-dealkylation sites (tertiary alicyclic amines) is 1. The van der Waals surface area contributed by atoms with Gasteiger partial charge in [-0.15, -0.1) is 11.8 Å². The quantitative estimate of drug-likeness (QED) is 0.629. The first kappa shape index (κ1) is 21.7. The van der Waals surface area contributed by atoms with Gasteiger partial charge in [0.1, 0.15) is 5.50 Å². The predicted octanol–water partition coefficient (Wildman–Crippen LogP) is 2.15. The topological polar surface area (TPSA) is 59.6 Å². The van der Waals surface area contributed by atoms with Crippen molar-refractivity contribution in [3.05, 3.63) is 0 Å². The minimum atomic E-state index is -4.21. The molecule has 4 fully saturated rings. The standard InChI is InChI=1S/C19H32F3N5OS/c1-11(29-18-25-24-10-26(18)2)12-6-7-23-16(8-12)27-9-14-13(17(27)28)4-3-5-15(14)19(20,21)22/h11-16,18,23-25H,3-10H2,1-2H3/t11-,12?,13?,14?,15?,16?,18?/m1/s1. The molecule has 3 aliphatic heterocycles. The fourth-order valence-electron chi connectivity index (χ4n) is 5.53. The van der Waals surface area contributed by atoms with Gasteiger partial charge in [0.25, 0.3) is 0 Å². The summed E-state index contributed by atoms with van der Waals surface area (Å²) in [6, 6.07) is 0. The second-order valence-corrected chi connectivity index (χ2v) is 10.5. The van der Waals surface area contributed by atoms with Crippen LogP contribution in [-0.2, 0) is 4.79 Å². The predicted molar refractivity (Wildman–Crippen MR) is 106 cm³/mol. The molecule has 0 aromatic heterocycles. The van der Waals surface area contributed by atoms with Crippen LogP contribution < -0.4 is 16.2 Å². The van der Waals surface area contributed by atoms with E-state index in [9.17, 15) is 18.0 Å². The number of carbonyl (C=O) groups is 1. The molecule has 0 spiro atoms. The van der Waals surface area contributed by atoms with Crippen LogP contribution >= 0.6 is 11.8 Å². The summed E-state index contributed by atoms with van der Waals surface area (Å²) >= 11 is 1.86. The summed E-state index contributed by atoms with van der Waals surface area (Å²) in [7, 11) is 2.06. The molecule has 1 saturated carbocycles. The molecule has 3 saturated heterocycles. The van der Waals surface area contributed by atoms with Crippen molar-refractivity contribution in [1.29, 1.82) is 0 Å². The fourth-order valence-corrected chi connectivity index (χ4v) is 6.84. The zero-order valence-electron chi connectivity index (χ0n) is 17.0. The van der Waals surface area contributed by atoms with Crippen molar-refractivity contribution in [2.45, 2.75) is 62.1 Å². The molecule has 4 aliphatic rings. The van der Waals surface area contributed by atoms with E-state index >= 15 is 0 Å². The van der Waals surface area contributed by atoms with Crippen LogP contribution in [0.4, 0.5) is 13.2 Å². The number of rotatable bonds is 4. The molecule has 3 heterocycles. The molecule has 6 nitrogen and oxygen atoms in total. The second-order valence-electron chi connectivity index (χ2n) is 9.02. The number of halogens is 3. The van der Waals surface area contributed by atoms with Gasteiger partial charge in [-0.1, -0.05) is 13.3 Å². The fraction of sp³-hybridized carbons (Fsp3) is 0.947. The van der Waals surface area contributed by atoms with Gasteiger partial charge >= 0.3 is 6.18 Å². The minimum absolute atomic E-state index is 0.0659. The number of fused-ring (bicyclic) bond motifs is 1. The van der Waals surface area contributed by atoms with Crippen LogP contribution in [0.3, 0.4) is 0 Å². The number of alkyl halides is 3. The van der Waals surface area contributed by atoms with Gasteiger partial charge in [0.15, 0.2) is 0 Å². The van der Waals surface area contributed by atoms with Gasteiger partial charge in [0, 0.05) is 17.7 Å². The highest BCUT2D eigenvalue weighted by Gasteiger charge is 2.55. The van der Waals surface area contributed by atoms with Crippen LogP contribution in [0.2, 0.25) is 0 Å². The van der Waals surface area contributed by atoms with Crippen LogP contribution in [0.1, 0.15) is 39.0 Å². The molecule has 10 heteroatoms. The Kier molecular flexibility index (Phi) is 6.37. The molecule has 4 rings (SSSR count). The first-order chi connectivity index (χ1) is 13.8. The Hall–Kier alpha value is -0.550. The van der Waals surface area contributed by atoms with E-state index in [1.54, 1.807) is 4.90 Å². The summed E-state index contributed by atoms with van der Waals surface area (Å²) in [5.74, 6) is -2.00. The minimum Gasteiger partial charge on any atom is -0.327 e. The molecule has 29 heavy (non-hydrogen) atoms. The smallest absolute Gasteiger partial charge is 0.327 e. The molecular formula is C19H32F3N5OS. The van der Waals surface area contributed by atoms with Crippen molar-refractivity contribution < 1.29 is 18.0 Å². The Labute approximate surface area is 174 Å². The summed E-state index contributed by atoms with van der Waals surface area (Å²) in [6.07, 6.45) is -1.26. The number of hydrazine groups is 1. The average Bonchev–Trinajstić information content (AvgIpc) is 3.24. The summed E-state index contributed by atoms with van der Waals surface area (Å²) in [5.41, 5.74) is 6.60. The first-order valence-corrected chi connectivity index (χ1v) is 11.6. The number of carbonyl (C=O) groups excluding carboxylic acids is 1. The highest BCUT2D eigenvalue weighted by Crippen LogP contribution is 2.48. The number of hydrogen-bond donors (Lipinski definition) is 3. The maximum atomic E-state index is 13.5. The van der Waals surface area contributed by atoms with E-state index in [-0.39, 0.29) is 30.5 Å². The molecule has 1 amide bonds. The molecule has 0 bridgehead atoms. The van der Waals surface area contributed by atoms with Crippen molar-refractivity contribution in [2.75, 3.05) is 26.8 Å². The summed E-state index contributed by atoms with van der Waals surface area (Å²) < 4.78 is 40.5. The van der Waals surface area contributed by atoms with Crippen molar-refractivity contribution >= 4 is 17.7 Å². The molecular weight excluding hydrogens is 403 g/mol. The van der Waals surface area contributed by atoms with Gasteiger partial charge in [0.2, 0.25) is 5.91 Å². The lowest BCUT2D eigenvalue weighted by Gasteiger charge is -2.39. The van der Waals surface area contributed by atoms with Crippen molar-refractivity contribution in [2.24, 2.45) is 23.7 Å². The van der Waals surface area contributed by atoms with Gasteiger partial charge in [-0.3, -0.25) is 15.0 Å². The lowest BCUT2D eigenvalue weighted by Crippen LogP contribution is -2.52. The molecule has 166 valence electrons.